The summed E-state index contributed by atoms with van der Waals surface area (Å²) in [6, 6.07) is 3.64. The summed E-state index contributed by atoms with van der Waals surface area (Å²) in [5, 5.41) is 9.82. The number of nitrogens with zero attached hydrogens (tertiary/aromatic N) is 2. The Kier molecular flexibility index (Phi) is 3.51. The molecule has 0 saturated carbocycles. The molecule has 0 spiro atoms. The van der Waals surface area contributed by atoms with E-state index in [2.05, 4.69) is 4.98 Å². The monoisotopic (exact) mass is 220 g/mol. The summed E-state index contributed by atoms with van der Waals surface area (Å²) >= 11 is 0. The van der Waals surface area contributed by atoms with Crippen LogP contribution in [0.15, 0.2) is 24.5 Å². The quantitative estimate of drug-likeness (QED) is 0.812. The Morgan fingerprint density at radius 2 is 2.00 bits per heavy atom. The van der Waals surface area contributed by atoms with Gasteiger partial charge in [-0.2, -0.15) is 0 Å². The van der Waals surface area contributed by atoms with Gasteiger partial charge >= 0.3 is 0 Å². The number of carbonyl (C=O) groups is 1. The van der Waals surface area contributed by atoms with E-state index in [1.807, 2.05) is 12.1 Å². The first kappa shape index (κ1) is 11.1. The molecule has 1 aliphatic heterocycles. The van der Waals surface area contributed by atoms with Gasteiger partial charge in [-0.3, -0.25) is 9.78 Å². The van der Waals surface area contributed by atoms with E-state index in [0.717, 1.165) is 31.5 Å². The minimum Gasteiger partial charge on any atom is -0.383 e. The molecule has 1 atom stereocenters. The Morgan fingerprint density at radius 3 is 2.62 bits per heavy atom. The lowest BCUT2D eigenvalue weighted by molar-refractivity contribution is -0.138. The van der Waals surface area contributed by atoms with Gasteiger partial charge in [-0.25, -0.2) is 0 Å². The van der Waals surface area contributed by atoms with Crippen molar-refractivity contribution in [2.45, 2.75) is 25.4 Å². The SMILES string of the molecule is O=C(C(O)Cc1ccncc1)N1CCCC1. The molecule has 1 aromatic heterocycles. The second-order valence-electron chi connectivity index (χ2n) is 4.11. The van der Waals surface area contributed by atoms with Crippen LogP contribution in [0.4, 0.5) is 0 Å². The number of amides is 1. The molecule has 1 saturated heterocycles. The van der Waals surface area contributed by atoms with Crippen LogP contribution < -0.4 is 0 Å². The summed E-state index contributed by atoms with van der Waals surface area (Å²) in [7, 11) is 0. The zero-order chi connectivity index (χ0) is 11.4. The number of rotatable bonds is 3. The van der Waals surface area contributed by atoms with E-state index in [0.29, 0.717) is 6.42 Å². The van der Waals surface area contributed by atoms with Gasteiger partial charge in [0, 0.05) is 31.9 Å². The normalized spacial score (nSPS) is 17.4. The third-order valence-electron chi connectivity index (χ3n) is 2.88. The molecule has 0 aliphatic carbocycles. The number of pyridine rings is 1. The molecule has 4 nitrogen and oxygen atoms in total. The van der Waals surface area contributed by atoms with E-state index >= 15 is 0 Å². The molecule has 0 aromatic carbocycles. The Morgan fingerprint density at radius 1 is 1.38 bits per heavy atom. The fourth-order valence-electron chi connectivity index (χ4n) is 1.98. The number of likely N-dealkylation sites (tertiary alicyclic amines) is 1. The smallest absolute Gasteiger partial charge is 0.251 e. The van der Waals surface area contributed by atoms with Crippen molar-refractivity contribution in [1.29, 1.82) is 0 Å². The minimum atomic E-state index is -0.916. The van der Waals surface area contributed by atoms with E-state index in [-0.39, 0.29) is 5.91 Å². The highest BCUT2D eigenvalue weighted by Gasteiger charge is 2.24. The van der Waals surface area contributed by atoms with Crippen molar-refractivity contribution in [2.24, 2.45) is 0 Å². The van der Waals surface area contributed by atoms with Crippen molar-refractivity contribution in [2.75, 3.05) is 13.1 Å². The van der Waals surface area contributed by atoms with Gasteiger partial charge in [-0.05, 0) is 30.5 Å². The lowest BCUT2D eigenvalue weighted by Crippen LogP contribution is -2.38. The van der Waals surface area contributed by atoms with Crippen LogP contribution in [0.3, 0.4) is 0 Å². The minimum absolute atomic E-state index is 0.144. The molecule has 1 aromatic rings. The number of aromatic nitrogens is 1. The maximum Gasteiger partial charge on any atom is 0.251 e. The van der Waals surface area contributed by atoms with Gasteiger partial charge in [0.25, 0.3) is 5.91 Å². The summed E-state index contributed by atoms with van der Waals surface area (Å²) in [6.07, 6.45) is 4.89. The average Bonchev–Trinajstić information content (AvgIpc) is 2.83. The first-order valence-electron chi connectivity index (χ1n) is 5.63. The Hall–Kier alpha value is -1.42. The Balaban J connectivity index is 1.92. The van der Waals surface area contributed by atoms with Crippen molar-refractivity contribution in [1.82, 2.24) is 9.88 Å². The third kappa shape index (κ3) is 2.58. The number of aliphatic hydroxyl groups is 1. The van der Waals surface area contributed by atoms with Crippen LogP contribution in [-0.2, 0) is 11.2 Å². The van der Waals surface area contributed by atoms with E-state index in [4.69, 9.17) is 0 Å². The molecule has 0 bridgehead atoms. The average molecular weight is 220 g/mol. The molecule has 1 fully saturated rings. The number of hydrogen-bond donors (Lipinski definition) is 1. The lowest BCUT2D eigenvalue weighted by atomic mass is 10.1. The number of hydrogen-bond acceptors (Lipinski definition) is 3. The highest BCUT2D eigenvalue weighted by Crippen LogP contribution is 2.11. The molecular formula is C12H16N2O2. The molecule has 1 aliphatic rings. The lowest BCUT2D eigenvalue weighted by Gasteiger charge is -2.19. The standard InChI is InChI=1S/C12H16N2O2/c15-11(9-10-3-5-13-6-4-10)12(16)14-7-1-2-8-14/h3-6,11,15H,1-2,7-9H2. The largest absolute Gasteiger partial charge is 0.383 e. The summed E-state index contributed by atoms with van der Waals surface area (Å²) < 4.78 is 0. The van der Waals surface area contributed by atoms with Gasteiger partial charge in [0.2, 0.25) is 0 Å². The van der Waals surface area contributed by atoms with Gasteiger partial charge in [-0.1, -0.05) is 0 Å². The molecule has 86 valence electrons. The fraction of sp³-hybridized carbons (Fsp3) is 0.500. The molecular weight excluding hydrogens is 204 g/mol. The maximum atomic E-state index is 11.8. The van der Waals surface area contributed by atoms with Crippen LogP contribution in [0.5, 0.6) is 0 Å². The molecule has 16 heavy (non-hydrogen) atoms. The van der Waals surface area contributed by atoms with Crippen LogP contribution in [0.2, 0.25) is 0 Å². The van der Waals surface area contributed by atoms with Crippen molar-refractivity contribution >= 4 is 5.91 Å². The highest BCUT2D eigenvalue weighted by molar-refractivity contribution is 5.81. The number of aliphatic hydroxyl groups excluding tert-OH is 1. The molecule has 1 N–H and O–H groups in total. The summed E-state index contributed by atoms with van der Waals surface area (Å²) in [5.74, 6) is -0.144. The molecule has 1 amide bonds. The zero-order valence-corrected chi connectivity index (χ0v) is 9.17. The molecule has 0 radical (unpaired) electrons. The van der Waals surface area contributed by atoms with Crippen LogP contribution in [0, 0.1) is 0 Å². The van der Waals surface area contributed by atoms with E-state index in [1.54, 1.807) is 17.3 Å². The molecule has 2 heterocycles. The van der Waals surface area contributed by atoms with Gasteiger partial charge in [-0.15, -0.1) is 0 Å². The fourth-order valence-corrected chi connectivity index (χ4v) is 1.98. The third-order valence-corrected chi connectivity index (χ3v) is 2.88. The second kappa shape index (κ2) is 5.07. The van der Waals surface area contributed by atoms with Crippen LogP contribution >= 0.6 is 0 Å². The first-order chi connectivity index (χ1) is 7.77. The van der Waals surface area contributed by atoms with Crippen molar-refractivity contribution in [3.05, 3.63) is 30.1 Å². The van der Waals surface area contributed by atoms with Crippen molar-refractivity contribution in [3.8, 4) is 0 Å². The summed E-state index contributed by atoms with van der Waals surface area (Å²) in [5.41, 5.74) is 0.940. The Bertz CT molecular complexity index is 347. The topological polar surface area (TPSA) is 53.4 Å². The van der Waals surface area contributed by atoms with Gasteiger partial charge in [0.1, 0.15) is 6.10 Å². The van der Waals surface area contributed by atoms with E-state index in [9.17, 15) is 9.90 Å². The van der Waals surface area contributed by atoms with E-state index in [1.165, 1.54) is 0 Å². The molecule has 1 unspecified atom stereocenters. The second-order valence-corrected chi connectivity index (χ2v) is 4.11. The van der Waals surface area contributed by atoms with Gasteiger partial charge in [0.15, 0.2) is 0 Å². The maximum absolute atomic E-state index is 11.8. The summed E-state index contributed by atoms with van der Waals surface area (Å²) in [6.45, 7) is 1.57. The van der Waals surface area contributed by atoms with Crippen LogP contribution in [0.1, 0.15) is 18.4 Å². The van der Waals surface area contributed by atoms with Crippen LogP contribution in [0.25, 0.3) is 0 Å². The van der Waals surface area contributed by atoms with Gasteiger partial charge in [0.05, 0.1) is 0 Å². The van der Waals surface area contributed by atoms with Gasteiger partial charge < -0.3 is 10.0 Å². The van der Waals surface area contributed by atoms with Crippen molar-refractivity contribution in [3.63, 3.8) is 0 Å². The Labute approximate surface area is 94.9 Å². The summed E-state index contributed by atoms with van der Waals surface area (Å²) in [4.78, 5) is 17.4. The number of carbonyl (C=O) groups excluding carboxylic acids is 1. The predicted octanol–water partition coefficient (Wildman–Crippen LogP) is 0.607. The van der Waals surface area contributed by atoms with E-state index < -0.39 is 6.10 Å². The molecule has 2 rings (SSSR count). The predicted molar refractivity (Wildman–Crippen MR) is 59.8 cm³/mol. The van der Waals surface area contributed by atoms with Crippen molar-refractivity contribution < 1.29 is 9.90 Å². The zero-order valence-electron chi connectivity index (χ0n) is 9.17. The van der Waals surface area contributed by atoms with Crippen LogP contribution in [-0.4, -0.2) is 40.1 Å². The molecule has 4 heteroatoms. The highest BCUT2D eigenvalue weighted by atomic mass is 16.3. The first-order valence-corrected chi connectivity index (χ1v) is 5.63.